The Bertz CT molecular complexity index is 356. The quantitative estimate of drug-likeness (QED) is 0.634. The largest absolute Gasteiger partial charge is 0.0985 e. The summed E-state index contributed by atoms with van der Waals surface area (Å²) in [6.07, 6.45) is 1.89. The average molecular weight is 209 g/mol. The Kier molecular flexibility index (Phi) is 3.06. The molecule has 1 aromatic carbocycles. The molecule has 76 valence electrons. The fraction of sp³-hybridized carbons (Fsp3) is 0.385. The lowest BCUT2D eigenvalue weighted by atomic mass is 9.83. The van der Waals surface area contributed by atoms with E-state index in [9.17, 15) is 0 Å². The van der Waals surface area contributed by atoms with Crippen molar-refractivity contribution < 1.29 is 0 Å². The molecule has 0 aliphatic carbocycles. The van der Waals surface area contributed by atoms with Crippen LogP contribution in [0.1, 0.15) is 37.5 Å². The Morgan fingerprint density at radius 3 is 2.29 bits per heavy atom. The van der Waals surface area contributed by atoms with Crippen LogP contribution in [0.3, 0.4) is 0 Å². The standard InChI is InChI=1S/C13H17Cl/c1-6-10-7-9(2)12(14)8-11(10)13(3,4)5/h6-8H,1H2,2-5H3. The van der Waals surface area contributed by atoms with Crippen molar-refractivity contribution in [3.05, 3.63) is 40.4 Å². The minimum atomic E-state index is 0.112. The van der Waals surface area contributed by atoms with Crippen LogP contribution in [-0.2, 0) is 5.41 Å². The van der Waals surface area contributed by atoms with Crippen molar-refractivity contribution in [3.63, 3.8) is 0 Å². The van der Waals surface area contributed by atoms with E-state index in [1.54, 1.807) is 0 Å². The molecule has 1 aromatic rings. The van der Waals surface area contributed by atoms with E-state index in [0.717, 1.165) is 10.6 Å². The van der Waals surface area contributed by atoms with Crippen LogP contribution in [-0.4, -0.2) is 0 Å². The first-order valence-corrected chi connectivity index (χ1v) is 5.17. The zero-order valence-corrected chi connectivity index (χ0v) is 10.1. The zero-order chi connectivity index (χ0) is 10.9. The van der Waals surface area contributed by atoms with Crippen molar-refractivity contribution in [2.75, 3.05) is 0 Å². The molecule has 0 N–H and O–H groups in total. The van der Waals surface area contributed by atoms with E-state index in [0.29, 0.717) is 0 Å². The van der Waals surface area contributed by atoms with Crippen LogP contribution in [0.4, 0.5) is 0 Å². The third-order valence-corrected chi connectivity index (χ3v) is 2.77. The van der Waals surface area contributed by atoms with Crippen LogP contribution in [0, 0.1) is 6.92 Å². The molecule has 0 bridgehead atoms. The summed E-state index contributed by atoms with van der Waals surface area (Å²) in [6.45, 7) is 12.4. The summed E-state index contributed by atoms with van der Waals surface area (Å²) in [4.78, 5) is 0. The molecule has 0 spiro atoms. The Morgan fingerprint density at radius 2 is 1.86 bits per heavy atom. The number of hydrogen-bond acceptors (Lipinski definition) is 0. The molecule has 0 aromatic heterocycles. The maximum Gasteiger partial charge on any atom is 0.0438 e. The van der Waals surface area contributed by atoms with Crippen molar-refractivity contribution in [1.29, 1.82) is 0 Å². The summed E-state index contributed by atoms with van der Waals surface area (Å²) in [5.41, 5.74) is 3.65. The van der Waals surface area contributed by atoms with Gasteiger partial charge in [0.2, 0.25) is 0 Å². The summed E-state index contributed by atoms with van der Waals surface area (Å²) in [5, 5.41) is 0.834. The van der Waals surface area contributed by atoms with E-state index in [-0.39, 0.29) is 5.41 Å². The highest BCUT2D eigenvalue weighted by molar-refractivity contribution is 6.31. The van der Waals surface area contributed by atoms with Gasteiger partial charge in [0.05, 0.1) is 0 Å². The molecule has 0 radical (unpaired) electrons. The van der Waals surface area contributed by atoms with E-state index in [1.807, 2.05) is 19.1 Å². The van der Waals surface area contributed by atoms with Gasteiger partial charge in [-0.1, -0.05) is 51.1 Å². The third-order valence-electron chi connectivity index (χ3n) is 2.36. The second-order valence-corrected chi connectivity index (χ2v) is 5.05. The normalized spacial score (nSPS) is 11.5. The van der Waals surface area contributed by atoms with Gasteiger partial charge in [0, 0.05) is 5.02 Å². The summed E-state index contributed by atoms with van der Waals surface area (Å²) in [5.74, 6) is 0. The van der Waals surface area contributed by atoms with Gasteiger partial charge in [-0.05, 0) is 35.1 Å². The highest BCUT2D eigenvalue weighted by Gasteiger charge is 2.17. The first-order chi connectivity index (χ1) is 6.36. The van der Waals surface area contributed by atoms with Gasteiger partial charge in [0.15, 0.2) is 0 Å². The smallest absolute Gasteiger partial charge is 0.0438 e. The second-order valence-electron chi connectivity index (χ2n) is 4.64. The number of rotatable bonds is 1. The van der Waals surface area contributed by atoms with E-state index in [4.69, 9.17) is 11.6 Å². The molecule has 0 amide bonds. The molecule has 0 aliphatic heterocycles. The second kappa shape index (κ2) is 3.78. The molecule has 0 fully saturated rings. The van der Waals surface area contributed by atoms with Gasteiger partial charge in [-0.25, -0.2) is 0 Å². The minimum absolute atomic E-state index is 0.112. The molecule has 1 heteroatoms. The molecule has 0 atom stereocenters. The molecule has 0 saturated carbocycles. The molecule has 0 nitrogen and oxygen atoms in total. The van der Waals surface area contributed by atoms with Crippen LogP contribution < -0.4 is 0 Å². The molecule has 0 aliphatic rings. The van der Waals surface area contributed by atoms with Crippen LogP contribution >= 0.6 is 11.6 Å². The van der Waals surface area contributed by atoms with Crippen LogP contribution in [0.2, 0.25) is 5.02 Å². The van der Waals surface area contributed by atoms with Gasteiger partial charge in [0.1, 0.15) is 0 Å². The Balaban J connectivity index is 3.42. The number of aryl methyl sites for hydroxylation is 1. The fourth-order valence-electron chi connectivity index (χ4n) is 1.52. The van der Waals surface area contributed by atoms with E-state index in [1.165, 1.54) is 11.1 Å². The average Bonchev–Trinajstić information content (AvgIpc) is 2.07. The predicted octanol–water partition coefficient (Wildman–Crippen LogP) is 4.59. The van der Waals surface area contributed by atoms with Crippen molar-refractivity contribution >= 4 is 17.7 Å². The number of benzene rings is 1. The molecule has 0 saturated heterocycles. The van der Waals surface area contributed by atoms with Gasteiger partial charge < -0.3 is 0 Å². The topological polar surface area (TPSA) is 0 Å². The highest BCUT2D eigenvalue weighted by atomic mass is 35.5. The van der Waals surface area contributed by atoms with Gasteiger partial charge >= 0.3 is 0 Å². The monoisotopic (exact) mass is 208 g/mol. The lowest BCUT2D eigenvalue weighted by Gasteiger charge is -2.22. The van der Waals surface area contributed by atoms with Crippen molar-refractivity contribution in [1.82, 2.24) is 0 Å². The first-order valence-electron chi connectivity index (χ1n) is 4.79. The molecular weight excluding hydrogens is 192 g/mol. The molecule has 14 heavy (non-hydrogen) atoms. The Hall–Kier alpha value is -0.750. The van der Waals surface area contributed by atoms with Gasteiger partial charge in [0.25, 0.3) is 0 Å². The summed E-state index contributed by atoms with van der Waals surface area (Å²) >= 11 is 6.11. The van der Waals surface area contributed by atoms with Crippen LogP contribution in [0.5, 0.6) is 0 Å². The van der Waals surface area contributed by atoms with Crippen molar-refractivity contribution in [2.24, 2.45) is 0 Å². The fourth-order valence-corrected chi connectivity index (χ4v) is 1.69. The lowest BCUT2D eigenvalue weighted by molar-refractivity contribution is 0.589. The lowest BCUT2D eigenvalue weighted by Crippen LogP contribution is -2.13. The summed E-state index contributed by atoms with van der Waals surface area (Å²) < 4.78 is 0. The summed E-state index contributed by atoms with van der Waals surface area (Å²) in [6, 6.07) is 4.14. The number of hydrogen-bond donors (Lipinski definition) is 0. The third kappa shape index (κ3) is 2.19. The van der Waals surface area contributed by atoms with Gasteiger partial charge in [-0.3, -0.25) is 0 Å². The van der Waals surface area contributed by atoms with Crippen molar-refractivity contribution in [3.8, 4) is 0 Å². The maximum absolute atomic E-state index is 6.11. The Labute approximate surface area is 91.6 Å². The summed E-state index contributed by atoms with van der Waals surface area (Å²) in [7, 11) is 0. The molecule has 1 rings (SSSR count). The molecular formula is C13H17Cl. The zero-order valence-electron chi connectivity index (χ0n) is 9.32. The molecule has 0 unspecified atom stereocenters. The highest BCUT2D eigenvalue weighted by Crippen LogP contribution is 2.31. The number of halogens is 1. The van der Waals surface area contributed by atoms with Crippen LogP contribution in [0.25, 0.3) is 6.08 Å². The predicted molar refractivity (Wildman–Crippen MR) is 65.0 cm³/mol. The maximum atomic E-state index is 6.11. The molecule has 0 heterocycles. The van der Waals surface area contributed by atoms with Crippen LogP contribution in [0.15, 0.2) is 18.7 Å². The van der Waals surface area contributed by atoms with E-state index >= 15 is 0 Å². The first kappa shape index (κ1) is 11.3. The van der Waals surface area contributed by atoms with Crippen molar-refractivity contribution in [2.45, 2.75) is 33.1 Å². The van der Waals surface area contributed by atoms with Gasteiger partial charge in [-0.15, -0.1) is 0 Å². The van der Waals surface area contributed by atoms with E-state index < -0.39 is 0 Å². The van der Waals surface area contributed by atoms with Gasteiger partial charge in [-0.2, -0.15) is 0 Å². The Morgan fingerprint density at radius 1 is 1.29 bits per heavy atom. The van der Waals surface area contributed by atoms with E-state index in [2.05, 4.69) is 33.4 Å². The minimum Gasteiger partial charge on any atom is -0.0985 e. The SMILES string of the molecule is C=Cc1cc(C)c(Cl)cc1C(C)(C)C.